The third-order valence-corrected chi connectivity index (χ3v) is 5.62. The Hall–Kier alpha value is -2.47. The Morgan fingerprint density at radius 3 is 2.64 bits per heavy atom. The zero-order valence-electron chi connectivity index (χ0n) is 14.3. The van der Waals surface area contributed by atoms with Crippen LogP contribution in [0.15, 0.2) is 42.9 Å². The third-order valence-electron chi connectivity index (χ3n) is 4.63. The maximum atomic E-state index is 12.5. The molecule has 1 fully saturated rings. The van der Waals surface area contributed by atoms with E-state index < -0.39 is 0 Å². The van der Waals surface area contributed by atoms with E-state index in [-0.39, 0.29) is 5.91 Å². The van der Waals surface area contributed by atoms with Crippen LogP contribution in [0.5, 0.6) is 0 Å². The number of carbonyl (C=O) groups excluding carboxylic acids is 1. The molecule has 0 spiro atoms. The van der Waals surface area contributed by atoms with Crippen LogP contribution in [0.4, 0.5) is 0 Å². The number of thiophene rings is 1. The largest absolute Gasteiger partial charge is 0.337 e. The number of hydrogen-bond acceptors (Lipinski definition) is 4. The monoisotopic (exact) mass is 352 g/mol. The Kier molecular flexibility index (Phi) is 4.13. The number of imidazole rings is 1. The Labute approximate surface area is 151 Å². The molecule has 6 heteroatoms. The lowest BCUT2D eigenvalue weighted by atomic mass is 9.99. The van der Waals surface area contributed by atoms with E-state index in [9.17, 15) is 4.79 Å². The van der Waals surface area contributed by atoms with Crippen LogP contribution in [0.25, 0.3) is 11.4 Å². The van der Waals surface area contributed by atoms with Crippen molar-refractivity contribution >= 4 is 17.2 Å². The van der Waals surface area contributed by atoms with Crippen LogP contribution in [0.3, 0.4) is 0 Å². The van der Waals surface area contributed by atoms with Gasteiger partial charge in [-0.05, 0) is 38.1 Å². The van der Waals surface area contributed by atoms with Gasteiger partial charge in [0.15, 0.2) is 0 Å². The van der Waals surface area contributed by atoms with E-state index in [0.717, 1.165) is 41.6 Å². The Balaban J connectivity index is 1.43. The van der Waals surface area contributed by atoms with Gasteiger partial charge in [-0.25, -0.2) is 4.98 Å². The number of pyridine rings is 1. The fourth-order valence-electron chi connectivity index (χ4n) is 3.24. The highest BCUT2D eigenvalue weighted by Crippen LogP contribution is 2.26. The van der Waals surface area contributed by atoms with E-state index in [1.807, 2.05) is 42.3 Å². The summed E-state index contributed by atoms with van der Waals surface area (Å²) in [6.07, 6.45) is 5.48. The van der Waals surface area contributed by atoms with Gasteiger partial charge in [0.05, 0.1) is 4.88 Å². The summed E-state index contributed by atoms with van der Waals surface area (Å²) in [5.41, 5.74) is 2.22. The average Bonchev–Trinajstić information content (AvgIpc) is 3.17. The molecule has 4 heterocycles. The number of likely N-dealkylation sites (tertiary alicyclic amines) is 1. The first-order valence-corrected chi connectivity index (χ1v) is 9.21. The lowest BCUT2D eigenvalue weighted by Gasteiger charge is -2.39. The molecule has 3 aromatic heterocycles. The van der Waals surface area contributed by atoms with Gasteiger partial charge in [0.25, 0.3) is 5.91 Å². The zero-order valence-corrected chi connectivity index (χ0v) is 15.2. The molecular formula is C19H20N4OS. The van der Waals surface area contributed by atoms with E-state index in [4.69, 9.17) is 0 Å². The summed E-state index contributed by atoms with van der Waals surface area (Å²) in [6.45, 7) is 6.61. The van der Waals surface area contributed by atoms with Crippen molar-refractivity contribution in [2.45, 2.75) is 20.4 Å². The van der Waals surface area contributed by atoms with E-state index >= 15 is 0 Å². The van der Waals surface area contributed by atoms with Crippen LogP contribution in [0, 0.1) is 19.8 Å². The van der Waals surface area contributed by atoms with E-state index in [2.05, 4.69) is 21.5 Å². The van der Waals surface area contributed by atoms with Crippen molar-refractivity contribution in [1.29, 1.82) is 0 Å². The van der Waals surface area contributed by atoms with Gasteiger partial charge in [-0.3, -0.25) is 9.78 Å². The Morgan fingerprint density at radius 2 is 1.96 bits per heavy atom. The van der Waals surface area contributed by atoms with Gasteiger partial charge in [0.1, 0.15) is 5.82 Å². The third kappa shape index (κ3) is 3.09. The number of nitrogens with zero attached hydrogens (tertiary/aromatic N) is 4. The Morgan fingerprint density at radius 1 is 1.20 bits per heavy atom. The van der Waals surface area contributed by atoms with Crippen molar-refractivity contribution in [3.63, 3.8) is 0 Å². The topological polar surface area (TPSA) is 51.0 Å². The van der Waals surface area contributed by atoms with Gasteiger partial charge in [-0.1, -0.05) is 0 Å². The number of rotatable bonds is 4. The highest BCUT2D eigenvalue weighted by molar-refractivity contribution is 7.13. The molecule has 128 valence electrons. The number of hydrogen-bond donors (Lipinski definition) is 0. The van der Waals surface area contributed by atoms with Gasteiger partial charge in [0, 0.05) is 60.3 Å². The van der Waals surface area contributed by atoms with Crippen molar-refractivity contribution in [3.05, 3.63) is 58.3 Å². The van der Waals surface area contributed by atoms with Gasteiger partial charge in [-0.2, -0.15) is 0 Å². The molecule has 1 amide bonds. The second-order valence-corrected chi connectivity index (χ2v) is 7.84. The number of aryl methyl sites for hydroxylation is 2. The normalized spacial score (nSPS) is 14.6. The quantitative estimate of drug-likeness (QED) is 0.723. The van der Waals surface area contributed by atoms with Crippen LogP contribution >= 0.6 is 11.3 Å². The summed E-state index contributed by atoms with van der Waals surface area (Å²) in [4.78, 5) is 25.0. The van der Waals surface area contributed by atoms with Crippen LogP contribution in [0.2, 0.25) is 0 Å². The van der Waals surface area contributed by atoms with Crippen LogP contribution < -0.4 is 0 Å². The van der Waals surface area contributed by atoms with E-state index in [1.165, 1.54) is 4.88 Å². The standard InChI is InChI=1S/C19H20N4OS/c1-13-9-21-18(16-5-7-20-8-6-16)23(13)12-15-10-22(11-15)19(24)17-4-3-14(2)25-17/h3-9,15H,10-12H2,1-2H3. The molecule has 25 heavy (non-hydrogen) atoms. The minimum atomic E-state index is 0.158. The zero-order chi connectivity index (χ0) is 17.4. The summed E-state index contributed by atoms with van der Waals surface area (Å²) >= 11 is 1.57. The van der Waals surface area contributed by atoms with Crippen molar-refractivity contribution in [2.75, 3.05) is 13.1 Å². The summed E-state index contributed by atoms with van der Waals surface area (Å²) in [7, 11) is 0. The molecule has 0 radical (unpaired) electrons. The predicted molar refractivity (Wildman–Crippen MR) is 98.6 cm³/mol. The molecule has 3 aromatic rings. The van der Waals surface area contributed by atoms with Crippen molar-refractivity contribution in [3.8, 4) is 11.4 Å². The van der Waals surface area contributed by atoms with Crippen molar-refractivity contribution < 1.29 is 4.79 Å². The van der Waals surface area contributed by atoms with Crippen LogP contribution in [-0.2, 0) is 6.54 Å². The molecular weight excluding hydrogens is 332 g/mol. The average molecular weight is 352 g/mol. The number of carbonyl (C=O) groups is 1. The minimum absolute atomic E-state index is 0.158. The number of amides is 1. The molecule has 4 rings (SSSR count). The van der Waals surface area contributed by atoms with Crippen molar-refractivity contribution in [2.24, 2.45) is 5.92 Å². The smallest absolute Gasteiger partial charge is 0.263 e. The first-order valence-electron chi connectivity index (χ1n) is 8.40. The fraction of sp³-hybridized carbons (Fsp3) is 0.316. The van der Waals surface area contributed by atoms with Gasteiger partial charge < -0.3 is 9.47 Å². The molecule has 5 nitrogen and oxygen atoms in total. The maximum Gasteiger partial charge on any atom is 0.263 e. The second kappa shape index (κ2) is 6.44. The molecule has 0 saturated carbocycles. The molecule has 1 aliphatic heterocycles. The Bertz CT molecular complexity index is 893. The molecule has 1 aliphatic rings. The minimum Gasteiger partial charge on any atom is -0.337 e. The first-order chi connectivity index (χ1) is 12.1. The molecule has 0 aromatic carbocycles. The number of aromatic nitrogens is 3. The molecule has 0 unspecified atom stereocenters. The highest BCUT2D eigenvalue weighted by Gasteiger charge is 2.32. The molecule has 0 atom stereocenters. The fourth-order valence-corrected chi connectivity index (χ4v) is 4.07. The lowest BCUT2D eigenvalue weighted by molar-refractivity contribution is 0.0474. The van der Waals surface area contributed by atoms with Gasteiger partial charge in [0.2, 0.25) is 0 Å². The SMILES string of the molecule is Cc1ccc(C(=O)N2CC(Cn3c(C)cnc3-c3ccncc3)C2)s1. The molecule has 0 aliphatic carbocycles. The molecule has 0 bridgehead atoms. The molecule has 1 saturated heterocycles. The van der Waals surface area contributed by atoms with Gasteiger partial charge in [-0.15, -0.1) is 11.3 Å². The second-order valence-electron chi connectivity index (χ2n) is 6.56. The van der Waals surface area contributed by atoms with Crippen molar-refractivity contribution in [1.82, 2.24) is 19.4 Å². The van der Waals surface area contributed by atoms with Gasteiger partial charge >= 0.3 is 0 Å². The summed E-state index contributed by atoms with van der Waals surface area (Å²) in [5, 5.41) is 0. The van der Waals surface area contributed by atoms with Crippen LogP contribution in [-0.4, -0.2) is 38.4 Å². The summed E-state index contributed by atoms with van der Waals surface area (Å²) in [6, 6.07) is 7.89. The summed E-state index contributed by atoms with van der Waals surface area (Å²) in [5.74, 6) is 1.60. The predicted octanol–water partition coefficient (Wildman–Crippen LogP) is 3.40. The molecule has 0 N–H and O–H groups in total. The first kappa shape index (κ1) is 16.0. The van der Waals surface area contributed by atoms with E-state index in [1.54, 1.807) is 23.7 Å². The lowest BCUT2D eigenvalue weighted by Crippen LogP contribution is -2.51. The van der Waals surface area contributed by atoms with Crippen LogP contribution in [0.1, 0.15) is 20.2 Å². The van der Waals surface area contributed by atoms with E-state index in [0.29, 0.717) is 5.92 Å². The summed E-state index contributed by atoms with van der Waals surface area (Å²) < 4.78 is 2.25. The maximum absolute atomic E-state index is 12.5. The highest BCUT2D eigenvalue weighted by atomic mass is 32.1.